The Balaban J connectivity index is 0.00000272. The van der Waals surface area contributed by atoms with Crippen LogP contribution in [0.4, 0.5) is 5.82 Å². The third-order valence-electron chi connectivity index (χ3n) is 6.16. The van der Waals surface area contributed by atoms with E-state index in [1.807, 2.05) is 19.3 Å². The monoisotopic (exact) mass is 534 g/mol. The zero-order chi connectivity index (χ0) is 20.6. The molecule has 0 amide bonds. The van der Waals surface area contributed by atoms with Crippen LogP contribution in [-0.2, 0) is 13.1 Å². The number of guanidine groups is 1. The first-order valence-electron chi connectivity index (χ1n) is 11.2. The number of hydrogen-bond acceptors (Lipinski definition) is 4. The lowest BCUT2D eigenvalue weighted by atomic mass is 10.0. The molecule has 168 valence electrons. The van der Waals surface area contributed by atoms with Gasteiger partial charge in [0.25, 0.3) is 0 Å². The van der Waals surface area contributed by atoms with Crippen LogP contribution in [0.15, 0.2) is 53.7 Å². The van der Waals surface area contributed by atoms with Crippen LogP contribution in [0.2, 0.25) is 0 Å². The molecule has 4 rings (SSSR count). The van der Waals surface area contributed by atoms with E-state index in [1.165, 1.54) is 43.5 Å². The number of likely N-dealkylation sites (tertiary alicyclic amines) is 1. The van der Waals surface area contributed by atoms with Gasteiger partial charge in [0.15, 0.2) is 5.96 Å². The fraction of sp³-hybridized carbons (Fsp3) is 0.500. The van der Waals surface area contributed by atoms with E-state index in [-0.39, 0.29) is 24.0 Å². The molecule has 2 aliphatic rings. The van der Waals surface area contributed by atoms with Gasteiger partial charge in [0.05, 0.1) is 0 Å². The van der Waals surface area contributed by atoms with Gasteiger partial charge in [-0.15, -0.1) is 24.0 Å². The molecule has 2 aromatic rings. The fourth-order valence-corrected chi connectivity index (χ4v) is 4.44. The first-order valence-corrected chi connectivity index (χ1v) is 11.2. The molecule has 2 fully saturated rings. The summed E-state index contributed by atoms with van der Waals surface area (Å²) in [4.78, 5) is 16.3. The van der Waals surface area contributed by atoms with Crippen molar-refractivity contribution in [1.29, 1.82) is 0 Å². The van der Waals surface area contributed by atoms with Crippen molar-refractivity contribution in [3.8, 4) is 0 Å². The third kappa shape index (κ3) is 6.55. The number of nitrogens with one attached hydrogen (secondary N) is 1. The number of pyridine rings is 1. The number of anilines is 1. The lowest BCUT2D eigenvalue weighted by Gasteiger charge is -2.37. The van der Waals surface area contributed by atoms with E-state index in [4.69, 9.17) is 0 Å². The Bertz CT molecular complexity index is 814. The first-order chi connectivity index (χ1) is 14.8. The average Bonchev–Trinajstić information content (AvgIpc) is 2.82. The number of rotatable bonds is 5. The van der Waals surface area contributed by atoms with Crippen LogP contribution in [0, 0.1) is 0 Å². The molecular weight excluding hydrogens is 499 g/mol. The second-order valence-corrected chi connectivity index (χ2v) is 8.17. The lowest BCUT2D eigenvalue weighted by molar-refractivity contribution is 0.220. The minimum Gasteiger partial charge on any atom is -0.353 e. The highest BCUT2D eigenvalue weighted by Crippen LogP contribution is 2.17. The number of halogens is 1. The van der Waals surface area contributed by atoms with E-state index in [0.29, 0.717) is 0 Å². The maximum absolute atomic E-state index is 4.56. The molecule has 7 heteroatoms. The zero-order valence-corrected chi connectivity index (χ0v) is 20.9. The van der Waals surface area contributed by atoms with Gasteiger partial charge in [-0.25, -0.2) is 4.98 Å². The van der Waals surface area contributed by atoms with Gasteiger partial charge < -0.3 is 15.1 Å². The van der Waals surface area contributed by atoms with Gasteiger partial charge in [0, 0.05) is 52.5 Å². The van der Waals surface area contributed by atoms with Gasteiger partial charge in [0.1, 0.15) is 5.82 Å². The quantitative estimate of drug-likeness (QED) is 0.361. The molecular formula is C24H35IN6. The van der Waals surface area contributed by atoms with Crippen molar-refractivity contribution in [2.24, 2.45) is 4.99 Å². The average molecular weight is 534 g/mol. The first kappa shape index (κ1) is 23.8. The number of piperazine rings is 1. The van der Waals surface area contributed by atoms with E-state index < -0.39 is 0 Å². The van der Waals surface area contributed by atoms with Crippen LogP contribution in [-0.4, -0.2) is 67.1 Å². The topological polar surface area (TPSA) is 47.0 Å². The Morgan fingerprint density at radius 2 is 1.61 bits per heavy atom. The fourth-order valence-electron chi connectivity index (χ4n) is 4.44. The molecule has 0 bridgehead atoms. The van der Waals surface area contributed by atoms with Crippen molar-refractivity contribution in [1.82, 2.24) is 20.1 Å². The van der Waals surface area contributed by atoms with Crippen LogP contribution in [0.1, 0.15) is 30.4 Å². The number of hydrogen-bond donors (Lipinski definition) is 1. The van der Waals surface area contributed by atoms with Gasteiger partial charge in [-0.3, -0.25) is 9.89 Å². The molecule has 31 heavy (non-hydrogen) atoms. The summed E-state index contributed by atoms with van der Waals surface area (Å²) in [7, 11) is 1.88. The molecule has 0 radical (unpaired) electrons. The highest BCUT2D eigenvalue weighted by molar-refractivity contribution is 14.0. The Morgan fingerprint density at radius 3 is 2.29 bits per heavy atom. The maximum atomic E-state index is 4.56. The van der Waals surface area contributed by atoms with Crippen LogP contribution in [0.3, 0.4) is 0 Å². The summed E-state index contributed by atoms with van der Waals surface area (Å²) in [5, 5.41) is 3.61. The summed E-state index contributed by atoms with van der Waals surface area (Å²) in [5.41, 5.74) is 2.80. The van der Waals surface area contributed by atoms with Crippen molar-refractivity contribution in [2.45, 2.75) is 32.4 Å². The van der Waals surface area contributed by atoms with Crippen molar-refractivity contribution >= 4 is 35.8 Å². The van der Waals surface area contributed by atoms with Crippen molar-refractivity contribution < 1.29 is 0 Å². The maximum Gasteiger partial charge on any atom is 0.194 e. The molecule has 0 unspecified atom stereocenters. The van der Waals surface area contributed by atoms with E-state index in [2.05, 4.69) is 66.4 Å². The largest absolute Gasteiger partial charge is 0.353 e. The molecule has 1 aromatic heterocycles. The minimum absolute atomic E-state index is 0. The SMILES string of the molecule is CN=C(NCc1ccccc1CN1CCCCC1)N1CCN(c2ccccn2)CC1.I. The molecule has 2 aliphatic heterocycles. The molecule has 0 atom stereocenters. The van der Waals surface area contributed by atoms with Gasteiger partial charge >= 0.3 is 0 Å². The van der Waals surface area contributed by atoms with Crippen molar-refractivity contribution in [2.75, 3.05) is 51.2 Å². The molecule has 1 N–H and O–H groups in total. The normalized spacial score (nSPS) is 17.9. The summed E-state index contributed by atoms with van der Waals surface area (Å²) >= 11 is 0. The van der Waals surface area contributed by atoms with Crippen LogP contribution in [0.5, 0.6) is 0 Å². The van der Waals surface area contributed by atoms with Crippen molar-refractivity contribution in [3.63, 3.8) is 0 Å². The highest BCUT2D eigenvalue weighted by atomic mass is 127. The summed E-state index contributed by atoms with van der Waals surface area (Å²) in [5.74, 6) is 2.05. The highest BCUT2D eigenvalue weighted by Gasteiger charge is 2.20. The van der Waals surface area contributed by atoms with Crippen LogP contribution in [0.25, 0.3) is 0 Å². The summed E-state index contributed by atoms with van der Waals surface area (Å²) in [6.07, 6.45) is 5.90. The standard InChI is InChI=1S/C24H34N6.HI/c1-25-24(30-17-15-29(16-18-30)23-11-5-6-12-26-23)27-19-21-9-3-4-10-22(21)20-28-13-7-2-8-14-28;/h3-6,9-12H,2,7-8,13-20H2,1H3,(H,25,27);1H. The predicted molar refractivity (Wildman–Crippen MR) is 139 cm³/mol. The van der Waals surface area contributed by atoms with Gasteiger partial charge in [-0.2, -0.15) is 0 Å². The number of benzene rings is 1. The zero-order valence-electron chi connectivity index (χ0n) is 18.5. The Kier molecular flexibility index (Phi) is 9.39. The molecule has 3 heterocycles. The summed E-state index contributed by atoms with van der Waals surface area (Å²) < 4.78 is 0. The Morgan fingerprint density at radius 1 is 0.903 bits per heavy atom. The Labute approximate surface area is 203 Å². The molecule has 0 spiro atoms. The number of aromatic nitrogens is 1. The molecule has 2 saturated heterocycles. The number of nitrogens with zero attached hydrogens (tertiary/aromatic N) is 5. The van der Waals surface area contributed by atoms with Gasteiger partial charge in [-0.05, 0) is 49.2 Å². The predicted octanol–water partition coefficient (Wildman–Crippen LogP) is 3.58. The number of aliphatic imine (C=N–C) groups is 1. The molecule has 0 aliphatic carbocycles. The third-order valence-corrected chi connectivity index (χ3v) is 6.16. The smallest absolute Gasteiger partial charge is 0.194 e. The molecule has 6 nitrogen and oxygen atoms in total. The molecule has 0 saturated carbocycles. The van der Waals surface area contributed by atoms with E-state index in [9.17, 15) is 0 Å². The summed E-state index contributed by atoms with van der Waals surface area (Å²) in [6.45, 7) is 8.15. The summed E-state index contributed by atoms with van der Waals surface area (Å²) in [6, 6.07) is 14.9. The van der Waals surface area contributed by atoms with E-state index in [1.54, 1.807) is 0 Å². The Hall–Kier alpha value is -1.87. The molecule has 1 aromatic carbocycles. The second-order valence-electron chi connectivity index (χ2n) is 8.17. The van der Waals surface area contributed by atoms with Crippen LogP contribution >= 0.6 is 24.0 Å². The lowest BCUT2D eigenvalue weighted by Crippen LogP contribution is -2.52. The number of piperidine rings is 1. The van der Waals surface area contributed by atoms with Crippen LogP contribution < -0.4 is 10.2 Å². The van der Waals surface area contributed by atoms with E-state index >= 15 is 0 Å². The van der Waals surface area contributed by atoms with E-state index in [0.717, 1.165) is 51.0 Å². The van der Waals surface area contributed by atoms with Gasteiger partial charge in [0.2, 0.25) is 0 Å². The second kappa shape index (κ2) is 12.2. The minimum atomic E-state index is 0. The van der Waals surface area contributed by atoms with Crippen molar-refractivity contribution in [3.05, 3.63) is 59.8 Å². The van der Waals surface area contributed by atoms with Gasteiger partial charge in [-0.1, -0.05) is 36.8 Å².